The van der Waals surface area contributed by atoms with Crippen LogP contribution in [-0.2, 0) is 19.8 Å². The molecule has 192 valence electrons. The quantitative estimate of drug-likeness (QED) is 0.323. The molecule has 0 aliphatic carbocycles. The molecule has 2 aromatic carbocycles. The van der Waals surface area contributed by atoms with Crippen molar-refractivity contribution < 1.29 is 46.0 Å². The van der Waals surface area contributed by atoms with Crippen LogP contribution in [0, 0.1) is 5.82 Å². The molecule has 0 bridgehead atoms. The largest absolute Gasteiger partial charge is 0.522 e. The number of likely N-dealkylation sites (tertiary alicyclic amines) is 1. The second kappa shape index (κ2) is 9.95. The number of amides is 1. The third-order valence-electron chi connectivity index (χ3n) is 6.13. The van der Waals surface area contributed by atoms with Gasteiger partial charge in [0.25, 0.3) is 5.91 Å². The van der Waals surface area contributed by atoms with Crippen LogP contribution in [0.1, 0.15) is 22.3 Å². The van der Waals surface area contributed by atoms with Gasteiger partial charge in [0, 0.05) is 18.5 Å². The molecule has 0 aromatic heterocycles. The van der Waals surface area contributed by atoms with Crippen molar-refractivity contribution in [2.75, 3.05) is 33.4 Å². The van der Waals surface area contributed by atoms with Crippen molar-refractivity contribution in [1.82, 2.24) is 4.90 Å². The van der Waals surface area contributed by atoms with E-state index < -0.39 is 30.3 Å². The number of benzene rings is 2. The normalized spacial score (nSPS) is 23.2. The van der Waals surface area contributed by atoms with Gasteiger partial charge < -0.3 is 23.8 Å². The first-order valence-corrected chi connectivity index (χ1v) is 11.4. The molecule has 2 atom stereocenters. The minimum absolute atomic E-state index is 0.179. The number of hydrogen-bond acceptors (Lipinski definition) is 6. The van der Waals surface area contributed by atoms with E-state index in [1.54, 1.807) is 32.7 Å². The van der Waals surface area contributed by atoms with Crippen molar-refractivity contribution in [2.24, 2.45) is 0 Å². The lowest BCUT2D eigenvalue weighted by molar-refractivity contribution is -0.325. The van der Waals surface area contributed by atoms with Crippen LogP contribution in [-0.4, -0.2) is 78.0 Å². The Kier molecular flexibility index (Phi) is 7.27. The van der Waals surface area contributed by atoms with Gasteiger partial charge in [0.05, 0.1) is 25.8 Å². The Morgan fingerprint density at radius 3 is 2.64 bits per heavy atom. The van der Waals surface area contributed by atoms with Gasteiger partial charge in [0.1, 0.15) is 24.1 Å². The Morgan fingerprint density at radius 2 is 1.94 bits per heavy atom. The van der Waals surface area contributed by atoms with E-state index in [9.17, 15) is 22.4 Å². The molecule has 2 saturated heterocycles. The molecule has 4 rings (SSSR count). The molecule has 1 amide bonds. The maximum absolute atomic E-state index is 14.0. The Labute approximate surface area is 207 Å². The summed E-state index contributed by atoms with van der Waals surface area (Å²) < 4.78 is 77.1. The number of alkyl halides is 3. The fraction of sp³-hybridized carbons (Fsp3) is 0.435. The topological polar surface area (TPSA) is 66.5 Å². The van der Waals surface area contributed by atoms with Crippen LogP contribution in [0.5, 0.6) is 11.5 Å². The first-order valence-electron chi connectivity index (χ1n) is 11.4. The number of ether oxygens (including phenoxy) is 5. The average Bonchev–Trinajstić information content (AvgIpc) is 3.11. The van der Waals surface area contributed by atoms with Gasteiger partial charge in [0.2, 0.25) is 0 Å². The number of hydrogen-bond donors (Lipinski definition) is 0. The van der Waals surface area contributed by atoms with Gasteiger partial charge >= 0.3 is 6.36 Å². The number of piperidine rings is 1. The molecule has 0 radical (unpaired) electrons. The minimum Gasteiger partial charge on any atom is -0.493 e. The minimum atomic E-state index is -4.74. The fourth-order valence-electron chi connectivity index (χ4n) is 4.69. The Bertz CT molecular complexity index is 1120. The van der Waals surface area contributed by atoms with Crippen molar-refractivity contribution >= 4 is 21.6 Å². The maximum atomic E-state index is 14.0. The smallest absolute Gasteiger partial charge is 0.493 e. The molecule has 0 saturated carbocycles. The van der Waals surface area contributed by atoms with E-state index in [1.165, 1.54) is 37.4 Å². The van der Waals surface area contributed by atoms with Crippen molar-refractivity contribution in [1.29, 1.82) is 0 Å². The van der Waals surface area contributed by atoms with Crippen LogP contribution in [0.2, 0.25) is 0 Å². The highest BCUT2D eigenvalue weighted by Gasteiger charge is 2.56. The zero-order chi connectivity index (χ0) is 26.1. The molecule has 2 aliphatic heterocycles. The predicted octanol–water partition coefficient (Wildman–Crippen LogP) is 1.78. The lowest BCUT2D eigenvalue weighted by Crippen LogP contribution is -2.53. The third kappa shape index (κ3) is 5.63. The second-order valence-corrected chi connectivity index (χ2v) is 9.02. The molecule has 2 fully saturated rings. The van der Waals surface area contributed by atoms with Crippen molar-refractivity contribution in [3.05, 3.63) is 59.4 Å². The van der Waals surface area contributed by atoms with Gasteiger partial charge in [0.15, 0.2) is 27.2 Å². The Balaban J connectivity index is 1.48. The van der Waals surface area contributed by atoms with Gasteiger partial charge in [-0.05, 0) is 35.9 Å². The third-order valence-corrected chi connectivity index (χ3v) is 6.13. The van der Waals surface area contributed by atoms with E-state index in [1.807, 2.05) is 0 Å². The van der Waals surface area contributed by atoms with Crippen molar-refractivity contribution in [3.8, 4) is 11.5 Å². The summed E-state index contributed by atoms with van der Waals surface area (Å²) in [6.45, 7) is -0.491. The summed E-state index contributed by atoms with van der Waals surface area (Å²) in [5.74, 6) is -0.299. The Hall–Kier alpha value is -2.76. The predicted molar refractivity (Wildman–Crippen MR) is 125 cm³/mol. The lowest BCUT2D eigenvalue weighted by Gasteiger charge is -2.42. The lowest BCUT2D eigenvalue weighted by atomic mass is 9.76. The van der Waals surface area contributed by atoms with Gasteiger partial charge in [-0.15, -0.1) is 13.2 Å². The van der Waals surface area contributed by atoms with Crippen LogP contribution in [0.3, 0.4) is 0 Å². The summed E-state index contributed by atoms with van der Waals surface area (Å²) in [7, 11) is 4.92. The molecule has 13 heteroatoms. The van der Waals surface area contributed by atoms with Gasteiger partial charge in [-0.2, -0.15) is 0 Å². The molecule has 2 aromatic rings. The first-order chi connectivity index (χ1) is 16.9. The van der Waals surface area contributed by atoms with Crippen LogP contribution in [0.4, 0.5) is 17.6 Å². The number of methoxy groups -OCH3 is 1. The second-order valence-electron chi connectivity index (χ2n) is 9.02. The van der Waals surface area contributed by atoms with Crippen LogP contribution >= 0.6 is 0 Å². The van der Waals surface area contributed by atoms with E-state index >= 15 is 0 Å². The van der Waals surface area contributed by atoms with E-state index in [0.29, 0.717) is 24.1 Å². The van der Waals surface area contributed by atoms with E-state index in [0.717, 1.165) is 0 Å². The molecule has 0 N–H and O–H groups in total. The molecular formula is C23H25B2F4NO6. The van der Waals surface area contributed by atoms with E-state index in [2.05, 4.69) is 4.74 Å². The summed E-state index contributed by atoms with van der Waals surface area (Å²) in [5, 5.41) is 0. The van der Waals surface area contributed by atoms with Gasteiger partial charge in [-0.1, -0.05) is 12.1 Å². The van der Waals surface area contributed by atoms with E-state index in [4.69, 9.17) is 18.9 Å². The summed E-state index contributed by atoms with van der Waals surface area (Å²) >= 11 is 0. The van der Waals surface area contributed by atoms with Crippen LogP contribution in [0.25, 0.3) is 0 Å². The maximum Gasteiger partial charge on any atom is 0.522 e. The number of carbonyl (C=O) groups excluding carboxylic acids is 1. The highest BCUT2D eigenvalue weighted by Crippen LogP contribution is 2.47. The standard InChI is InChI=1S/C23H25B2F4NO6/c1-32-18-11-14(5-6-17(18)33-9-10-34-23(27,28)29)20(31)30-8-7-21(15-3-2-4-16(26)12-15)19(13-30)35-22(24,25)36-21/h2-6,11-12,19H,7-10,13,24-25H2,1H3/t19?,21-/m1/s1. The first kappa shape index (κ1) is 26.3. The van der Waals surface area contributed by atoms with Crippen molar-refractivity contribution in [3.63, 3.8) is 0 Å². The summed E-state index contributed by atoms with van der Waals surface area (Å²) in [6.07, 6.45) is -4.87. The van der Waals surface area contributed by atoms with Gasteiger partial charge in [-0.25, -0.2) is 4.39 Å². The van der Waals surface area contributed by atoms with Gasteiger partial charge in [-0.3, -0.25) is 9.53 Å². The molecule has 2 heterocycles. The van der Waals surface area contributed by atoms with Crippen LogP contribution < -0.4 is 9.47 Å². The number of carbonyl (C=O) groups is 1. The molecule has 36 heavy (non-hydrogen) atoms. The SMILES string of the molecule is BC1(B)OC2CN(C(=O)c3ccc(OCCOC(F)(F)F)c(OC)c3)CC[C@]2(c2cccc(F)c2)O1. The molecule has 2 aliphatic rings. The summed E-state index contributed by atoms with van der Waals surface area (Å²) in [5.41, 5.74) is -0.852. The number of fused-ring (bicyclic) bond motifs is 1. The zero-order valence-electron chi connectivity index (χ0n) is 20.1. The number of halogens is 4. The molecule has 0 spiro atoms. The highest BCUT2D eigenvalue weighted by atomic mass is 19.4. The Morgan fingerprint density at radius 1 is 1.17 bits per heavy atom. The fourth-order valence-corrected chi connectivity index (χ4v) is 4.69. The average molecular weight is 509 g/mol. The molecule has 7 nitrogen and oxygen atoms in total. The number of rotatable bonds is 7. The van der Waals surface area contributed by atoms with E-state index in [-0.39, 0.29) is 36.4 Å². The molecule has 1 unspecified atom stereocenters. The summed E-state index contributed by atoms with van der Waals surface area (Å²) in [6, 6.07) is 10.6. The monoisotopic (exact) mass is 509 g/mol. The number of nitrogens with zero attached hydrogens (tertiary/aromatic N) is 1. The zero-order valence-corrected chi connectivity index (χ0v) is 20.1. The molecular weight excluding hydrogens is 484 g/mol. The highest BCUT2D eigenvalue weighted by molar-refractivity contribution is 6.38. The van der Waals surface area contributed by atoms with Crippen molar-refractivity contribution in [2.45, 2.75) is 30.1 Å². The summed E-state index contributed by atoms with van der Waals surface area (Å²) in [4.78, 5) is 14.9. The van der Waals surface area contributed by atoms with Crippen LogP contribution in [0.15, 0.2) is 42.5 Å².